The molecule has 0 saturated heterocycles. The van der Waals surface area contributed by atoms with Crippen molar-refractivity contribution in [1.82, 2.24) is 15.0 Å². The fourth-order valence-corrected chi connectivity index (χ4v) is 3.65. The number of aromatic nitrogens is 2. The Balaban J connectivity index is 1.80. The third kappa shape index (κ3) is 3.76. The summed E-state index contributed by atoms with van der Waals surface area (Å²) in [7, 11) is 0. The fraction of sp³-hybridized carbons (Fsp3) is 0.190. The van der Waals surface area contributed by atoms with Crippen molar-refractivity contribution in [2.45, 2.75) is 25.1 Å². The molecule has 0 unspecified atom stereocenters. The van der Waals surface area contributed by atoms with Crippen molar-refractivity contribution in [3.05, 3.63) is 99.7 Å². The van der Waals surface area contributed by atoms with Crippen molar-refractivity contribution >= 4 is 5.84 Å². The lowest BCUT2D eigenvalue weighted by Crippen LogP contribution is -2.48. The van der Waals surface area contributed by atoms with Crippen LogP contribution in [0.15, 0.2) is 70.7 Å². The predicted molar refractivity (Wildman–Crippen MR) is 104 cm³/mol. The van der Waals surface area contributed by atoms with Crippen molar-refractivity contribution in [3.8, 4) is 0 Å². The Morgan fingerprint density at radius 1 is 1.06 bits per heavy atom. The number of hydrogen-bond acceptors (Lipinski definition) is 5. The number of alkyl halides is 2. The molecule has 6 nitrogen and oxygen atoms in total. The van der Waals surface area contributed by atoms with Gasteiger partial charge in [0.05, 0.1) is 12.2 Å². The van der Waals surface area contributed by atoms with Gasteiger partial charge in [-0.1, -0.05) is 18.2 Å². The number of hydrogen-bond donors (Lipinski definition) is 1. The molecule has 2 atom stereocenters. The molecule has 1 N–H and O–H groups in total. The Morgan fingerprint density at radius 3 is 2.42 bits per heavy atom. The van der Waals surface area contributed by atoms with Crippen LogP contribution in [0.1, 0.15) is 23.6 Å². The largest absolute Gasteiger partial charge is 0.405 e. The molecule has 1 aromatic carbocycles. The van der Waals surface area contributed by atoms with E-state index in [9.17, 15) is 22.4 Å². The van der Waals surface area contributed by atoms with Crippen molar-refractivity contribution in [1.29, 1.82) is 0 Å². The molecule has 1 aliphatic rings. The molecule has 31 heavy (non-hydrogen) atoms. The maximum atomic E-state index is 13.6. The van der Waals surface area contributed by atoms with Gasteiger partial charge in [0.1, 0.15) is 17.2 Å². The zero-order valence-electron chi connectivity index (χ0n) is 16.1. The molecule has 0 bridgehead atoms. The van der Waals surface area contributed by atoms with Gasteiger partial charge in [-0.2, -0.15) is 13.2 Å². The molecule has 0 fully saturated rings. The molecule has 0 radical (unpaired) electrons. The number of nitrogens with one attached hydrogen (secondary N) is 1. The molecule has 160 valence electrons. The van der Waals surface area contributed by atoms with Gasteiger partial charge in [-0.3, -0.25) is 9.79 Å². The highest BCUT2D eigenvalue weighted by Gasteiger charge is 2.45. The van der Waals surface area contributed by atoms with Gasteiger partial charge < -0.3 is 10.2 Å². The minimum atomic E-state index is -3.19. The van der Waals surface area contributed by atoms with Crippen molar-refractivity contribution in [2.24, 2.45) is 4.99 Å². The highest BCUT2D eigenvalue weighted by molar-refractivity contribution is 6.01. The van der Waals surface area contributed by atoms with Gasteiger partial charge in [-0.25, -0.2) is 9.37 Å². The number of nitrogens with zero attached hydrogens (tertiary/aromatic N) is 3. The summed E-state index contributed by atoms with van der Waals surface area (Å²) >= 11 is 0. The highest BCUT2D eigenvalue weighted by atomic mass is 19.3. The SMILES string of the molecule is C[C@@H]1N=C(c2ccc(=O)n(OC(F)F)c2)N[C@]1(c1ccc(F)cc1)c1ccc(F)nc1. The van der Waals surface area contributed by atoms with Crippen LogP contribution < -0.4 is 15.7 Å². The number of aliphatic imine (C=N–C) groups is 1. The van der Waals surface area contributed by atoms with Crippen LogP contribution in [0.2, 0.25) is 0 Å². The van der Waals surface area contributed by atoms with Gasteiger partial charge in [-0.05, 0) is 36.8 Å². The van der Waals surface area contributed by atoms with Crippen molar-refractivity contribution < 1.29 is 22.4 Å². The van der Waals surface area contributed by atoms with Crippen LogP contribution in [0.5, 0.6) is 0 Å². The lowest BCUT2D eigenvalue weighted by molar-refractivity contribution is -0.135. The molecule has 3 aromatic rings. The molecule has 0 spiro atoms. The second kappa shape index (κ2) is 7.86. The fourth-order valence-electron chi connectivity index (χ4n) is 3.65. The van der Waals surface area contributed by atoms with Crippen LogP contribution in [0.3, 0.4) is 0 Å². The van der Waals surface area contributed by atoms with Crippen molar-refractivity contribution in [3.63, 3.8) is 0 Å². The highest BCUT2D eigenvalue weighted by Crippen LogP contribution is 2.38. The molecular formula is C21H16F4N4O2. The van der Waals surface area contributed by atoms with Crippen LogP contribution in [0, 0.1) is 11.8 Å². The lowest BCUT2D eigenvalue weighted by Gasteiger charge is -2.34. The van der Waals surface area contributed by atoms with Gasteiger partial charge in [0.25, 0.3) is 5.56 Å². The van der Waals surface area contributed by atoms with Gasteiger partial charge in [0, 0.05) is 23.4 Å². The Bertz CT molecular complexity index is 1130. The normalized spacial score (nSPS) is 20.5. The first-order valence-electron chi connectivity index (χ1n) is 9.22. The molecule has 1 aliphatic heterocycles. The predicted octanol–water partition coefficient (Wildman–Crippen LogP) is 2.85. The Labute approximate surface area is 173 Å². The third-order valence-corrected chi connectivity index (χ3v) is 5.09. The van der Waals surface area contributed by atoms with Gasteiger partial charge in [0.15, 0.2) is 0 Å². The minimum Gasteiger partial charge on any atom is -0.354 e. The minimum absolute atomic E-state index is 0.285. The van der Waals surface area contributed by atoms with Crippen molar-refractivity contribution in [2.75, 3.05) is 0 Å². The van der Waals surface area contributed by atoms with E-state index in [-0.39, 0.29) is 5.84 Å². The van der Waals surface area contributed by atoms with Crippen LogP contribution in [0.4, 0.5) is 17.6 Å². The molecule has 4 rings (SSSR count). The molecule has 0 saturated carbocycles. The maximum Gasteiger partial charge on any atom is 0.405 e. The first-order valence-corrected chi connectivity index (χ1v) is 9.22. The Morgan fingerprint density at radius 2 is 1.77 bits per heavy atom. The Hall–Kier alpha value is -3.69. The van der Waals surface area contributed by atoms with E-state index in [2.05, 4.69) is 20.1 Å². The molecular weight excluding hydrogens is 416 g/mol. The number of rotatable bonds is 5. The van der Waals surface area contributed by atoms with Crippen LogP contribution >= 0.6 is 0 Å². The number of halogens is 4. The summed E-state index contributed by atoms with van der Waals surface area (Å²) in [5, 5.41) is 3.25. The summed E-state index contributed by atoms with van der Waals surface area (Å²) in [5.41, 5.74) is -0.321. The monoisotopic (exact) mass is 432 g/mol. The molecule has 0 aliphatic carbocycles. The van der Waals surface area contributed by atoms with E-state index in [1.54, 1.807) is 19.1 Å². The number of amidine groups is 1. The van der Waals surface area contributed by atoms with Crippen LogP contribution in [0.25, 0.3) is 0 Å². The molecule has 2 aromatic heterocycles. The Kier molecular flexibility index (Phi) is 5.22. The molecule has 0 amide bonds. The summed E-state index contributed by atoms with van der Waals surface area (Å²) in [6, 6.07) is 10.5. The van der Waals surface area contributed by atoms with Crippen LogP contribution in [-0.2, 0) is 5.54 Å². The zero-order chi connectivity index (χ0) is 22.2. The summed E-state index contributed by atoms with van der Waals surface area (Å²) in [6.45, 7) is -1.40. The third-order valence-electron chi connectivity index (χ3n) is 5.09. The summed E-state index contributed by atoms with van der Waals surface area (Å²) < 4.78 is 52.7. The quantitative estimate of drug-likeness (QED) is 0.497. The summed E-state index contributed by atoms with van der Waals surface area (Å²) in [6.07, 6.45) is 2.44. The van der Waals surface area contributed by atoms with E-state index < -0.39 is 35.5 Å². The standard InChI is InChI=1S/C21H16F4N4O2/c1-12-21(14-3-6-16(22)7-4-14,15-5-8-17(23)26-10-15)28-19(27-12)13-2-9-18(30)29(11-13)31-20(24)25/h2-12,20H,1H3,(H,27,28)/t12-,21+/m0/s1. The summed E-state index contributed by atoms with van der Waals surface area (Å²) in [4.78, 5) is 24.3. The molecule has 10 heteroatoms. The van der Waals surface area contributed by atoms with E-state index in [0.717, 1.165) is 12.3 Å². The maximum absolute atomic E-state index is 13.6. The van der Waals surface area contributed by atoms with E-state index in [1.165, 1.54) is 36.5 Å². The van der Waals surface area contributed by atoms with Gasteiger partial charge in [0.2, 0.25) is 5.95 Å². The number of benzene rings is 1. The zero-order valence-corrected chi connectivity index (χ0v) is 16.1. The lowest BCUT2D eigenvalue weighted by atomic mass is 9.79. The first kappa shape index (κ1) is 20.6. The average molecular weight is 432 g/mol. The number of pyridine rings is 2. The molecule has 3 heterocycles. The van der Waals surface area contributed by atoms with E-state index >= 15 is 0 Å². The topological polar surface area (TPSA) is 68.5 Å². The van der Waals surface area contributed by atoms with E-state index in [1.807, 2.05) is 0 Å². The van der Waals surface area contributed by atoms with Crippen LogP contribution in [-0.4, -0.2) is 28.2 Å². The van der Waals surface area contributed by atoms with Gasteiger partial charge in [-0.15, -0.1) is 4.73 Å². The smallest absolute Gasteiger partial charge is 0.354 e. The second-order valence-electron chi connectivity index (χ2n) is 6.91. The van der Waals surface area contributed by atoms with E-state index in [0.29, 0.717) is 21.4 Å². The first-order chi connectivity index (χ1) is 14.8. The second-order valence-corrected chi connectivity index (χ2v) is 6.91. The van der Waals surface area contributed by atoms with E-state index in [4.69, 9.17) is 0 Å². The average Bonchev–Trinajstić information content (AvgIpc) is 3.08. The summed E-state index contributed by atoms with van der Waals surface area (Å²) in [5.74, 6) is -0.812. The van der Waals surface area contributed by atoms with Gasteiger partial charge >= 0.3 is 6.61 Å².